The van der Waals surface area contributed by atoms with Gasteiger partial charge in [-0.3, -0.25) is 4.79 Å². The Balaban J connectivity index is 1.96. The van der Waals surface area contributed by atoms with Crippen LogP contribution in [0.4, 0.5) is 5.69 Å². The minimum atomic E-state index is -3.74. The number of carbonyl (C=O) groups is 1. The molecule has 0 unspecified atom stereocenters. The van der Waals surface area contributed by atoms with E-state index in [0.29, 0.717) is 23.8 Å². The maximum atomic E-state index is 12.2. The molecule has 0 aliphatic rings. The van der Waals surface area contributed by atoms with Crippen molar-refractivity contribution < 1.29 is 17.9 Å². The summed E-state index contributed by atoms with van der Waals surface area (Å²) in [6.07, 6.45) is 0.969. The van der Waals surface area contributed by atoms with Crippen LogP contribution in [-0.4, -0.2) is 20.9 Å². The van der Waals surface area contributed by atoms with Crippen molar-refractivity contribution in [3.8, 4) is 5.75 Å². The summed E-state index contributed by atoms with van der Waals surface area (Å²) in [5.74, 6) is 0.998. The molecular weight excluding hydrogens is 340 g/mol. The molecule has 0 atom stereocenters. The van der Waals surface area contributed by atoms with Crippen LogP contribution >= 0.6 is 0 Å². The van der Waals surface area contributed by atoms with Crippen LogP contribution in [0, 0.1) is 5.92 Å². The van der Waals surface area contributed by atoms with Crippen molar-refractivity contribution in [1.29, 1.82) is 0 Å². The highest BCUT2D eigenvalue weighted by molar-refractivity contribution is 7.89. The summed E-state index contributed by atoms with van der Waals surface area (Å²) < 4.78 is 28.0. The molecule has 2 aromatic carbocycles. The van der Waals surface area contributed by atoms with Gasteiger partial charge in [-0.2, -0.15) is 0 Å². The predicted molar refractivity (Wildman–Crippen MR) is 97.2 cm³/mol. The van der Waals surface area contributed by atoms with Crippen LogP contribution in [0.15, 0.2) is 53.4 Å². The van der Waals surface area contributed by atoms with Gasteiger partial charge in [0, 0.05) is 11.3 Å². The van der Waals surface area contributed by atoms with Crippen LogP contribution in [0.25, 0.3) is 0 Å². The van der Waals surface area contributed by atoms with E-state index in [2.05, 4.69) is 19.2 Å². The average Bonchev–Trinajstić information content (AvgIpc) is 2.55. The third-order valence-electron chi connectivity index (χ3n) is 3.52. The Bertz CT molecular complexity index is 813. The highest BCUT2D eigenvalue weighted by Crippen LogP contribution is 2.16. The van der Waals surface area contributed by atoms with E-state index in [1.807, 2.05) is 0 Å². The molecule has 0 aliphatic heterocycles. The van der Waals surface area contributed by atoms with Gasteiger partial charge in [0.15, 0.2) is 0 Å². The van der Waals surface area contributed by atoms with Gasteiger partial charge in [0.1, 0.15) is 5.75 Å². The van der Waals surface area contributed by atoms with Gasteiger partial charge in [0.25, 0.3) is 5.91 Å². The normalized spacial score (nSPS) is 11.4. The first-order chi connectivity index (χ1) is 11.8. The largest absolute Gasteiger partial charge is 0.494 e. The van der Waals surface area contributed by atoms with Gasteiger partial charge in [-0.15, -0.1) is 0 Å². The van der Waals surface area contributed by atoms with Crippen molar-refractivity contribution in [3.05, 3.63) is 54.1 Å². The fourth-order valence-corrected chi connectivity index (χ4v) is 2.56. The minimum Gasteiger partial charge on any atom is -0.494 e. The third kappa shape index (κ3) is 5.88. The molecule has 2 rings (SSSR count). The van der Waals surface area contributed by atoms with Crippen LogP contribution in [0.3, 0.4) is 0 Å². The number of benzene rings is 2. The van der Waals surface area contributed by atoms with E-state index in [1.54, 1.807) is 24.3 Å². The fraction of sp³-hybridized carbons (Fsp3) is 0.278. The minimum absolute atomic E-state index is 0.00611. The first-order valence-electron chi connectivity index (χ1n) is 7.93. The summed E-state index contributed by atoms with van der Waals surface area (Å²) in [4.78, 5) is 12.2. The van der Waals surface area contributed by atoms with Crippen molar-refractivity contribution in [3.63, 3.8) is 0 Å². The van der Waals surface area contributed by atoms with E-state index in [1.165, 1.54) is 24.3 Å². The van der Waals surface area contributed by atoms with Crippen LogP contribution in [0.2, 0.25) is 0 Å². The lowest BCUT2D eigenvalue weighted by Gasteiger charge is -2.09. The second-order valence-electron chi connectivity index (χ2n) is 6.08. The molecule has 0 radical (unpaired) electrons. The number of primary sulfonamides is 1. The standard InChI is InChI=1S/C18H22N2O4S/c1-13(2)11-12-24-16-7-3-14(4-8-16)18(21)20-15-5-9-17(10-6-15)25(19,22)23/h3-10,13H,11-12H2,1-2H3,(H,20,21)(H2,19,22,23). The number of nitrogens with one attached hydrogen (secondary N) is 1. The van der Waals surface area contributed by atoms with Crippen molar-refractivity contribution in [2.75, 3.05) is 11.9 Å². The van der Waals surface area contributed by atoms with Gasteiger partial charge in [0.2, 0.25) is 10.0 Å². The van der Waals surface area contributed by atoms with Gasteiger partial charge >= 0.3 is 0 Å². The topological polar surface area (TPSA) is 98.5 Å². The summed E-state index contributed by atoms with van der Waals surface area (Å²) in [6.45, 7) is 4.90. The number of hydrogen-bond donors (Lipinski definition) is 2. The molecule has 0 heterocycles. The number of anilines is 1. The Morgan fingerprint density at radius 3 is 2.20 bits per heavy atom. The Morgan fingerprint density at radius 2 is 1.68 bits per heavy atom. The van der Waals surface area contributed by atoms with Crippen LogP contribution in [0.5, 0.6) is 5.75 Å². The summed E-state index contributed by atoms with van der Waals surface area (Å²) in [6, 6.07) is 12.5. The number of amides is 1. The molecule has 25 heavy (non-hydrogen) atoms. The highest BCUT2D eigenvalue weighted by Gasteiger charge is 2.09. The molecule has 0 saturated heterocycles. The smallest absolute Gasteiger partial charge is 0.255 e. The highest BCUT2D eigenvalue weighted by atomic mass is 32.2. The molecule has 6 nitrogen and oxygen atoms in total. The second kappa shape index (κ2) is 8.13. The van der Waals surface area contributed by atoms with E-state index in [-0.39, 0.29) is 10.8 Å². The molecule has 2 aromatic rings. The Hall–Kier alpha value is -2.38. The monoisotopic (exact) mass is 362 g/mol. The molecular formula is C18H22N2O4S. The van der Waals surface area contributed by atoms with Crippen molar-refractivity contribution in [2.24, 2.45) is 11.1 Å². The van der Waals surface area contributed by atoms with Gasteiger partial charge in [-0.25, -0.2) is 13.6 Å². The van der Waals surface area contributed by atoms with Crippen molar-refractivity contribution in [1.82, 2.24) is 0 Å². The molecule has 0 saturated carbocycles. The average molecular weight is 362 g/mol. The second-order valence-corrected chi connectivity index (χ2v) is 7.64. The van der Waals surface area contributed by atoms with Crippen molar-refractivity contribution in [2.45, 2.75) is 25.2 Å². The van der Waals surface area contributed by atoms with Gasteiger partial charge in [0.05, 0.1) is 11.5 Å². The maximum Gasteiger partial charge on any atom is 0.255 e. The van der Waals surface area contributed by atoms with E-state index >= 15 is 0 Å². The molecule has 0 spiro atoms. The quantitative estimate of drug-likeness (QED) is 0.791. The predicted octanol–water partition coefficient (Wildman–Crippen LogP) is 3.01. The molecule has 134 valence electrons. The lowest BCUT2D eigenvalue weighted by Crippen LogP contribution is -2.13. The number of nitrogens with two attached hydrogens (primary N) is 1. The molecule has 3 N–H and O–H groups in total. The van der Waals surface area contributed by atoms with E-state index in [9.17, 15) is 13.2 Å². The first kappa shape index (κ1) is 19.0. The molecule has 0 aliphatic carbocycles. The fourth-order valence-electron chi connectivity index (χ4n) is 2.05. The number of ether oxygens (including phenoxy) is 1. The maximum absolute atomic E-state index is 12.2. The zero-order valence-electron chi connectivity index (χ0n) is 14.2. The number of sulfonamides is 1. The van der Waals surface area contributed by atoms with E-state index < -0.39 is 10.0 Å². The number of hydrogen-bond acceptors (Lipinski definition) is 4. The van der Waals surface area contributed by atoms with E-state index in [0.717, 1.165) is 12.2 Å². The van der Waals surface area contributed by atoms with Gasteiger partial charge in [-0.1, -0.05) is 13.8 Å². The lowest BCUT2D eigenvalue weighted by molar-refractivity contribution is 0.102. The summed E-state index contributed by atoms with van der Waals surface area (Å²) >= 11 is 0. The van der Waals surface area contributed by atoms with Crippen molar-refractivity contribution >= 4 is 21.6 Å². The van der Waals surface area contributed by atoms with E-state index in [4.69, 9.17) is 9.88 Å². The van der Waals surface area contributed by atoms with Gasteiger partial charge in [-0.05, 0) is 60.9 Å². The van der Waals surface area contributed by atoms with Crippen LogP contribution in [-0.2, 0) is 10.0 Å². The SMILES string of the molecule is CC(C)CCOc1ccc(C(=O)Nc2ccc(S(N)(=O)=O)cc2)cc1. The number of rotatable bonds is 7. The van der Waals surface area contributed by atoms with Gasteiger partial charge < -0.3 is 10.1 Å². The summed E-state index contributed by atoms with van der Waals surface area (Å²) in [5.41, 5.74) is 0.960. The Morgan fingerprint density at radius 1 is 1.08 bits per heavy atom. The molecule has 0 bridgehead atoms. The molecule has 0 fully saturated rings. The van der Waals surface area contributed by atoms with Crippen LogP contribution in [0.1, 0.15) is 30.6 Å². The molecule has 7 heteroatoms. The zero-order chi connectivity index (χ0) is 18.4. The Labute approximate surface area is 148 Å². The molecule has 1 amide bonds. The Kier molecular flexibility index (Phi) is 6.17. The first-order valence-corrected chi connectivity index (χ1v) is 9.47. The molecule has 0 aromatic heterocycles. The zero-order valence-corrected chi connectivity index (χ0v) is 15.0. The van der Waals surface area contributed by atoms with Crippen LogP contribution < -0.4 is 15.2 Å². The third-order valence-corrected chi connectivity index (χ3v) is 4.45. The summed E-state index contributed by atoms with van der Waals surface area (Å²) in [5, 5.41) is 7.74. The lowest BCUT2D eigenvalue weighted by atomic mass is 10.1. The summed E-state index contributed by atoms with van der Waals surface area (Å²) in [7, 11) is -3.74. The number of carbonyl (C=O) groups excluding carboxylic acids is 1.